The molecule has 0 atom stereocenters. The monoisotopic (exact) mass is 382 g/mol. The van der Waals surface area contributed by atoms with E-state index in [1.807, 2.05) is 35.9 Å². The molecule has 7 nitrogen and oxygen atoms in total. The van der Waals surface area contributed by atoms with Gasteiger partial charge >= 0.3 is 0 Å². The number of aromatic amines is 1. The highest BCUT2D eigenvalue weighted by Gasteiger charge is 2.21. The van der Waals surface area contributed by atoms with Gasteiger partial charge in [0.05, 0.1) is 17.6 Å². The van der Waals surface area contributed by atoms with Crippen molar-refractivity contribution in [2.45, 2.75) is 19.5 Å². The van der Waals surface area contributed by atoms with Gasteiger partial charge in [-0.05, 0) is 12.1 Å². The summed E-state index contributed by atoms with van der Waals surface area (Å²) >= 11 is 0. The molecular formula is C16H20Cl2N6O. The summed E-state index contributed by atoms with van der Waals surface area (Å²) in [4.78, 5) is 17.0. The number of aromatic nitrogens is 4. The third kappa shape index (κ3) is 3.49. The van der Waals surface area contributed by atoms with E-state index in [-0.39, 0.29) is 30.7 Å². The fourth-order valence-corrected chi connectivity index (χ4v) is 3.01. The van der Waals surface area contributed by atoms with Crippen LogP contribution in [0, 0.1) is 0 Å². The minimum absolute atomic E-state index is 0. The van der Waals surface area contributed by atoms with Crippen LogP contribution in [0.3, 0.4) is 0 Å². The molecule has 1 aromatic carbocycles. The first kappa shape index (κ1) is 19.2. The second-order valence-electron chi connectivity index (χ2n) is 5.71. The maximum Gasteiger partial charge on any atom is 0.272 e. The summed E-state index contributed by atoms with van der Waals surface area (Å²) < 4.78 is 2.00. The Bertz CT molecular complexity index is 888. The molecule has 0 saturated carbocycles. The van der Waals surface area contributed by atoms with Crippen LogP contribution in [-0.2, 0) is 26.6 Å². The van der Waals surface area contributed by atoms with E-state index < -0.39 is 0 Å². The highest BCUT2D eigenvalue weighted by atomic mass is 35.5. The normalized spacial score (nSPS) is 12.8. The average Bonchev–Trinajstić information content (AvgIpc) is 3.15. The number of hydrogen-bond donors (Lipinski definition) is 3. The fourth-order valence-electron chi connectivity index (χ4n) is 3.01. The highest BCUT2D eigenvalue weighted by molar-refractivity contribution is 5.94. The minimum atomic E-state index is -0.168. The largest absolute Gasteiger partial charge is 0.343 e. The van der Waals surface area contributed by atoms with Gasteiger partial charge < -0.3 is 15.2 Å². The number of benzene rings is 1. The van der Waals surface area contributed by atoms with Gasteiger partial charge in [0.1, 0.15) is 5.82 Å². The number of carbonyl (C=O) groups excluding carboxylic acids is 1. The van der Waals surface area contributed by atoms with Gasteiger partial charge in [-0.2, -0.15) is 5.10 Å². The number of nitrogens with one attached hydrogen (secondary N) is 3. The summed E-state index contributed by atoms with van der Waals surface area (Å²) in [6.07, 6.45) is 0.875. The molecule has 0 aliphatic carbocycles. The molecule has 1 aliphatic rings. The Kier molecular flexibility index (Phi) is 6.05. The first-order chi connectivity index (χ1) is 11.2. The zero-order chi connectivity index (χ0) is 15.8. The number of fused-ring (bicyclic) bond motifs is 2. The molecule has 1 amide bonds. The Labute approximate surface area is 157 Å². The fraction of sp³-hybridized carbons (Fsp3) is 0.312. The van der Waals surface area contributed by atoms with Gasteiger partial charge in [-0.1, -0.05) is 12.1 Å². The van der Waals surface area contributed by atoms with Crippen molar-refractivity contribution in [1.29, 1.82) is 0 Å². The van der Waals surface area contributed by atoms with E-state index in [0.717, 1.165) is 41.1 Å². The molecule has 1 aliphatic heterocycles. The first-order valence-corrected chi connectivity index (χ1v) is 7.69. The maximum atomic E-state index is 12.4. The Hall–Kier alpha value is -2.09. The number of halogens is 2. The molecule has 0 spiro atoms. The standard InChI is InChI=1S/C16H18N6O.2ClH/c1-22-13-5-3-2-4-12(13)19-14(22)9-18-16(23)15-10-8-17-7-6-11(10)20-21-15;;/h2-5,17H,6-9H2,1H3,(H,18,23)(H,20,21);2*1H. The topological polar surface area (TPSA) is 87.6 Å². The summed E-state index contributed by atoms with van der Waals surface area (Å²) in [5.74, 6) is 0.653. The van der Waals surface area contributed by atoms with Gasteiger partial charge in [-0.25, -0.2) is 4.98 Å². The number of nitrogens with zero attached hydrogens (tertiary/aromatic N) is 3. The number of aryl methyl sites for hydroxylation is 1. The summed E-state index contributed by atoms with van der Waals surface area (Å²) in [7, 11) is 1.96. The lowest BCUT2D eigenvalue weighted by Gasteiger charge is -2.12. The van der Waals surface area contributed by atoms with Crippen LogP contribution in [-0.4, -0.2) is 32.2 Å². The van der Waals surface area contributed by atoms with E-state index in [9.17, 15) is 4.79 Å². The van der Waals surface area contributed by atoms with Crippen LogP contribution < -0.4 is 10.6 Å². The molecule has 134 valence electrons. The Balaban J connectivity index is 0.00000113. The van der Waals surface area contributed by atoms with Gasteiger partial charge in [-0.3, -0.25) is 9.89 Å². The van der Waals surface area contributed by atoms with Gasteiger partial charge in [-0.15, -0.1) is 24.8 Å². The number of hydrogen-bond acceptors (Lipinski definition) is 4. The van der Waals surface area contributed by atoms with E-state index in [1.54, 1.807) is 0 Å². The van der Waals surface area contributed by atoms with Crippen LogP contribution in [0.2, 0.25) is 0 Å². The molecule has 3 N–H and O–H groups in total. The lowest BCUT2D eigenvalue weighted by atomic mass is 10.1. The predicted octanol–water partition coefficient (Wildman–Crippen LogP) is 1.72. The van der Waals surface area contributed by atoms with Gasteiger partial charge in [0.25, 0.3) is 5.91 Å². The quantitative estimate of drug-likeness (QED) is 0.643. The van der Waals surface area contributed by atoms with Crippen LogP contribution in [0.4, 0.5) is 0 Å². The van der Waals surface area contributed by atoms with Crippen LogP contribution in [0.25, 0.3) is 11.0 Å². The highest BCUT2D eigenvalue weighted by Crippen LogP contribution is 2.16. The van der Waals surface area contributed by atoms with Crippen molar-refractivity contribution in [3.63, 3.8) is 0 Å². The summed E-state index contributed by atoms with van der Waals surface area (Å²) in [5, 5.41) is 13.3. The predicted molar refractivity (Wildman–Crippen MR) is 100 cm³/mol. The SMILES string of the molecule is Cl.Cl.Cn1c(CNC(=O)c2n[nH]c3c2CNCC3)nc2ccccc21. The molecule has 9 heteroatoms. The third-order valence-electron chi connectivity index (χ3n) is 4.31. The molecule has 0 radical (unpaired) electrons. The Morgan fingerprint density at radius 1 is 1.32 bits per heavy atom. The molecule has 0 bridgehead atoms. The molecule has 0 saturated heterocycles. The van der Waals surface area contributed by atoms with Crippen LogP contribution in [0.5, 0.6) is 0 Å². The number of amides is 1. The van der Waals surface area contributed by atoms with Crippen LogP contribution in [0.15, 0.2) is 24.3 Å². The molecule has 3 heterocycles. The average molecular weight is 383 g/mol. The molecule has 0 unspecified atom stereocenters. The number of carbonyl (C=O) groups is 1. The van der Waals surface area contributed by atoms with E-state index >= 15 is 0 Å². The van der Waals surface area contributed by atoms with Crippen molar-refractivity contribution < 1.29 is 4.79 Å². The molecular weight excluding hydrogens is 363 g/mol. The Morgan fingerprint density at radius 2 is 2.12 bits per heavy atom. The molecule has 2 aromatic heterocycles. The van der Waals surface area contributed by atoms with Crippen molar-refractivity contribution in [2.75, 3.05) is 6.54 Å². The van der Waals surface area contributed by atoms with E-state index in [4.69, 9.17) is 0 Å². The van der Waals surface area contributed by atoms with Crippen molar-refractivity contribution in [3.8, 4) is 0 Å². The molecule has 0 fully saturated rings. The number of imidazole rings is 1. The minimum Gasteiger partial charge on any atom is -0.343 e. The van der Waals surface area contributed by atoms with E-state index in [2.05, 4.69) is 25.8 Å². The van der Waals surface area contributed by atoms with Gasteiger partial charge in [0, 0.05) is 37.8 Å². The van der Waals surface area contributed by atoms with Crippen molar-refractivity contribution in [2.24, 2.45) is 7.05 Å². The number of H-pyrrole nitrogens is 1. The third-order valence-corrected chi connectivity index (χ3v) is 4.31. The van der Waals surface area contributed by atoms with E-state index in [1.165, 1.54) is 0 Å². The van der Waals surface area contributed by atoms with Crippen molar-refractivity contribution in [1.82, 2.24) is 30.4 Å². The number of rotatable bonds is 3. The summed E-state index contributed by atoms with van der Waals surface area (Å²) in [6, 6.07) is 7.93. The lowest BCUT2D eigenvalue weighted by molar-refractivity contribution is 0.0943. The van der Waals surface area contributed by atoms with Crippen molar-refractivity contribution >= 4 is 41.8 Å². The molecule has 3 aromatic rings. The summed E-state index contributed by atoms with van der Waals surface area (Å²) in [6.45, 7) is 1.97. The zero-order valence-corrected chi connectivity index (χ0v) is 15.3. The van der Waals surface area contributed by atoms with Crippen molar-refractivity contribution in [3.05, 3.63) is 47.0 Å². The number of para-hydroxylation sites is 2. The zero-order valence-electron chi connectivity index (χ0n) is 13.7. The molecule has 4 rings (SSSR count). The summed E-state index contributed by atoms with van der Waals surface area (Å²) in [5.41, 5.74) is 4.49. The second-order valence-corrected chi connectivity index (χ2v) is 5.71. The van der Waals surface area contributed by atoms with Crippen LogP contribution in [0.1, 0.15) is 27.6 Å². The maximum absolute atomic E-state index is 12.4. The van der Waals surface area contributed by atoms with Gasteiger partial charge in [0.2, 0.25) is 0 Å². The van der Waals surface area contributed by atoms with Gasteiger partial charge in [0.15, 0.2) is 5.69 Å². The van der Waals surface area contributed by atoms with Crippen LogP contribution >= 0.6 is 24.8 Å². The van der Waals surface area contributed by atoms with E-state index in [0.29, 0.717) is 18.8 Å². The first-order valence-electron chi connectivity index (χ1n) is 7.69. The second kappa shape index (κ2) is 7.86. The lowest BCUT2D eigenvalue weighted by Crippen LogP contribution is -2.28. The Morgan fingerprint density at radius 3 is 2.92 bits per heavy atom. The smallest absolute Gasteiger partial charge is 0.272 e. The molecule has 25 heavy (non-hydrogen) atoms.